The molecule has 2 atom stereocenters. The third-order valence-corrected chi connectivity index (χ3v) is 2.54. The molecule has 1 saturated heterocycles. The van der Waals surface area contributed by atoms with Gasteiger partial charge in [0.25, 0.3) is 11.7 Å². The van der Waals surface area contributed by atoms with Gasteiger partial charge in [0.05, 0.1) is 6.61 Å². The van der Waals surface area contributed by atoms with Crippen molar-refractivity contribution in [1.82, 2.24) is 5.32 Å². The van der Waals surface area contributed by atoms with E-state index in [0.29, 0.717) is 0 Å². The summed E-state index contributed by atoms with van der Waals surface area (Å²) in [5, 5.41) is 21.6. The largest absolute Gasteiger partial charge is 0.481 e. The van der Waals surface area contributed by atoms with Crippen molar-refractivity contribution in [1.29, 1.82) is 0 Å². The van der Waals surface area contributed by atoms with Crippen molar-refractivity contribution in [2.45, 2.75) is 26.6 Å². The molecular formula is C10H17NO5. The maximum atomic E-state index is 11.6. The molecule has 1 rings (SSSR count). The van der Waals surface area contributed by atoms with Gasteiger partial charge in [-0.05, 0) is 5.41 Å². The molecular weight excluding hydrogens is 214 g/mol. The predicted molar refractivity (Wildman–Crippen MR) is 54.5 cm³/mol. The average Bonchev–Trinajstić information content (AvgIpc) is 2.07. The highest BCUT2D eigenvalue weighted by Gasteiger charge is 2.55. The first kappa shape index (κ1) is 12.9. The maximum Gasteiger partial charge on any atom is 0.313 e. The summed E-state index contributed by atoms with van der Waals surface area (Å²) in [6, 6.07) is 0. The van der Waals surface area contributed by atoms with Crippen LogP contribution in [0.15, 0.2) is 0 Å². The van der Waals surface area contributed by atoms with Gasteiger partial charge in [-0.2, -0.15) is 0 Å². The lowest BCUT2D eigenvalue weighted by atomic mass is 9.75. The van der Waals surface area contributed by atoms with Crippen LogP contribution in [-0.2, 0) is 14.3 Å². The Morgan fingerprint density at radius 1 is 1.56 bits per heavy atom. The normalized spacial score (nSPS) is 28.4. The molecule has 0 saturated carbocycles. The topological polar surface area (TPSA) is 95.9 Å². The zero-order valence-electron chi connectivity index (χ0n) is 9.61. The summed E-state index contributed by atoms with van der Waals surface area (Å²) in [6.07, 6.45) is 0. The summed E-state index contributed by atoms with van der Waals surface area (Å²) in [5.74, 6) is -5.66. The van der Waals surface area contributed by atoms with Gasteiger partial charge in [0.2, 0.25) is 0 Å². The van der Waals surface area contributed by atoms with Crippen LogP contribution < -0.4 is 5.32 Å². The Balaban J connectivity index is 3.10. The SMILES string of the molecule is CC(C)(C)C(C(=O)O)[C@]1(O)OCCNC1=O. The summed E-state index contributed by atoms with van der Waals surface area (Å²) < 4.78 is 4.99. The average molecular weight is 231 g/mol. The van der Waals surface area contributed by atoms with Crippen molar-refractivity contribution in [3.8, 4) is 0 Å². The molecule has 1 aliphatic heterocycles. The second kappa shape index (κ2) is 4.03. The number of carbonyl (C=O) groups is 2. The molecule has 6 heteroatoms. The number of morpholine rings is 1. The number of hydrogen-bond acceptors (Lipinski definition) is 4. The van der Waals surface area contributed by atoms with E-state index in [0.717, 1.165) is 0 Å². The van der Waals surface area contributed by atoms with Crippen LogP contribution >= 0.6 is 0 Å². The molecule has 0 aromatic carbocycles. The molecule has 6 nitrogen and oxygen atoms in total. The number of ether oxygens (including phenoxy) is 1. The third-order valence-electron chi connectivity index (χ3n) is 2.54. The van der Waals surface area contributed by atoms with E-state index in [9.17, 15) is 14.7 Å². The first-order valence-corrected chi connectivity index (χ1v) is 5.07. The molecule has 1 aliphatic rings. The standard InChI is InChI=1S/C10H17NO5/c1-9(2,3)6(7(12)13)10(15)8(14)11-4-5-16-10/h6,15H,4-5H2,1-3H3,(H,11,14)(H,12,13)/t6?,10-/m0/s1. The van der Waals surface area contributed by atoms with E-state index in [-0.39, 0.29) is 13.2 Å². The van der Waals surface area contributed by atoms with Crippen LogP contribution in [-0.4, -0.2) is 41.0 Å². The second-order valence-corrected chi connectivity index (χ2v) is 4.94. The van der Waals surface area contributed by atoms with E-state index in [2.05, 4.69) is 5.32 Å². The summed E-state index contributed by atoms with van der Waals surface area (Å²) in [4.78, 5) is 22.7. The molecule has 1 heterocycles. The van der Waals surface area contributed by atoms with Crippen molar-refractivity contribution < 1.29 is 24.5 Å². The van der Waals surface area contributed by atoms with Gasteiger partial charge in [-0.25, -0.2) is 0 Å². The number of aliphatic hydroxyl groups is 1. The van der Waals surface area contributed by atoms with Crippen molar-refractivity contribution >= 4 is 11.9 Å². The van der Waals surface area contributed by atoms with Crippen molar-refractivity contribution in [2.75, 3.05) is 13.2 Å². The van der Waals surface area contributed by atoms with Gasteiger partial charge >= 0.3 is 5.97 Å². The van der Waals surface area contributed by atoms with E-state index < -0.39 is 29.0 Å². The fraction of sp³-hybridized carbons (Fsp3) is 0.800. The predicted octanol–water partition coefficient (Wildman–Crippen LogP) is -0.432. The summed E-state index contributed by atoms with van der Waals surface area (Å²) >= 11 is 0. The number of rotatable bonds is 2. The minimum Gasteiger partial charge on any atom is -0.481 e. The van der Waals surface area contributed by atoms with Gasteiger partial charge in [-0.1, -0.05) is 20.8 Å². The Hall–Kier alpha value is -1.14. The lowest BCUT2D eigenvalue weighted by Gasteiger charge is -2.41. The quantitative estimate of drug-likeness (QED) is 0.599. The van der Waals surface area contributed by atoms with Gasteiger partial charge < -0.3 is 20.3 Å². The molecule has 1 unspecified atom stereocenters. The van der Waals surface area contributed by atoms with Crippen LogP contribution in [0, 0.1) is 11.3 Å². The first-order valence-electron chi connectivity index (χ1n) is 5.07. The Labute approximate surface area is 93.6 Å². The van der Waals surface area contributed by atoms with Crippen LogP contribution in [0.2, 0.25) is 0 Å². The Morgan fingerprint density at radius 3 is 2.50 bits per heavy atom. The fourth-order valence-corrected chi connectivity index (χ4v) is 1.90. The smallest absolute Gasteiger partial charge is 0.313 e. The van der Waals surface area contributed by atoms with Gasteiger partial charge in [0, 0.05) is 6.54 Å². The Kier molecular flexibility index (Phi) is 3.25. The molecule has 0 aromatic rings. The number of amides is 1. The molecule has 92 valence electrons. The van der Waals surface area contributed by atoms with Gasteiger partial charge in [0.15, 0.2) is 0 Å². The number of nitrogens with one attached hydrogen (secondary N) is 1. The number of hydrogen-bond donors (Lipinski definition) is 3. The molecule has 1 fully saturated rings. The van der Waals surface area contributed by atoms with Crippen molar-refractivity contribution in [2.24, 2.45) is 11.3 Å². The molecule has 0 bridgehead atoms. The molecule has 0 spiro atoms. The third kappa shape index (κ3) is 2.17. The number of carboxylic acids is 1. The number of carboxylic acid groups (broad SMARTS) is 1. The van der Waals surface area contributed by atoms with Crippen LogP contribution in [0.3, 0.4) is 0 Å². The molecule has 0 aromatic heterocycles. The van der Waals surface area contributed by atoms with Gasteiger partial charge in [-0.3, -0.25) is 9.59 Å². The monoisotopic (exact) mass is 231 g/mol. The number of aliphatic carboxylic acids is 1. The highest BCUT2D eigenvalue weighted by molar-refractivity contribution is 5.90. The molecule has 3 N–H and O–H groups in total. The number of carbonyl (C=O) groups excluding carboxylic acids is 1. The zero-order valence-corrected chi connectivity index (χ0v) is 9.61. The molecule has 16 heavy (non-hydrogen) atoms. The van der Waals surface area contributed by atoms with Crippen molar-refractivity contribution in [3.05, 3.63) is 0 Å². The zero-order chi connectivity index (χ0) is 12.6. The lowest BCUT2D eigenvalue weighted by molar-refractivity contribution is -0.253. The van der Waals surface area contributed by atoms with Crippen LogP contribution in [0.1, 0.15) is 20.8 Å². The molecule has 1 amide bonds. The van der Waals surface area contributed by atoms with E-state index in [1.165, 1.54) is 0 Å². The van der Waals surface area contributed by atoms with Crippen molar-refractivity contribution in [3.63, 3.8) is 0 Å². The van der Waals surface area contributed by atoms with E-state index in [4.69, 9.17) is 9.84 Å². The highest BCUT2D eigenvalue weighted by Crippen LogP contribution is 2.36. The second-order valence-electron chi connectivity index (χ2n) is 4.94. The first-order chi connectivity index (χ1) is 7.19. The lowest BCUT2D eigenvalue weighted by Crippen LogP contribution is -2.63. The minimum atomic E-state index is -2.29. The fourth-order valence-electron chi connectivity index (χ4n) is 1.90. The van der Waals surface area contributed by atoms with Crippen LogP contribution in [0.4, 0.5) is 0 Å². The highest BCUT2D eigenvalue weighted by atomic mass is 16.6. The van der Waals surface area contributed by atoms with Crippen LogP contribution in [0.5, 0.6) is 0 Å². The van der Waals surface area contributed by atoms with Gasteiger partial charge in [0.1, 0.15) is 5.92 Å². The maximum absolute atomic E-state index is 11.6. The van der Waals surface area contributed by atoms with E-state index >= 15 is 0 Å². The van der Waals surface area contributed by atoms with E-state index in [1.807, 2.05) is 0 Å². The Bertz CT molecular complexity index is 309. The van der Waals surface area contributed by atoms with Crippen LogP contribution in [0.25, 0.3) is 0 Å². The Morgan fingerprint density at radius 2 is 2.12 bits per heavy atom. The summed E-state index contributed by atoms with van der Waals surface area (Å²) in [6.45, 7) is 5.28. The molecule has 0 aliphatic carbocycles. The van der Waals surface area contributed by atoms with Gasteiger partial charge in [-0.15, -0.1) is 0 Å². The molecule has 0 radical (unpaired) electrons. The minimum absolute atomic E-state index is 0.0993. The summed E-state index contributed by atoms with van der Waals surface area (Å²) in [5.41, 5.74) is -0.796. The summed E-state index contributed by atoms with van der Waals surface area (Å²) in [7, 11) is 0. The van der Waals surface area contributed by atoms with E-state index in [1.54, 1.807) is 20.8 Å².